The molecule has 1 aromatic carbocycles. The maximum Gasteiger partial charge on any atom is 0.433 e. The molecule has 2 aromatic heterocycles. The highest BCUT2D eigenvalue weighted by Crippen LogP contribution is 2.30. The number of rotatable bonds is 5. The number of aromatic nitrogens is 4. The molecule has 0 saturated carbocycles. The highest BCUT2D eigenvalue weighted by molar-refractivity contribution is 7.92. The predicted octanol–water partition coefficient (Wildman–Crippen LogP) is 3.43. The van der Waals surface area contributed by atoms with Crippen LogP contribution in [0.3, 0.4) is 0 Å². The summed E-state index contributed by atoms with van der Waals surface area (Å²) < 4.78 is 73.7. The number of anilines is 1. The number of alkyl halides is 3. The molecule has 172 valence electrons. The Bertz CT molecular complexity index is 1320. The van der Waals surface area contributed by atoms with Crippen molar-refractivity contribution in [3.63, 3.8) is 0 Å². The van der Waals surface area contributed by atoms with Crippen LogP contribution >= 0.6 is 0 Å². The molecule has 0 bridgehead atoms. The van der Waals surface area contributed by atoms with Crippen LogP contribution in [-0.4, -0.2) is 40.1 Å². The first-order chi connectivity index (χ1) is 14.7. The average Bonchev–Trinajstić information content (AvgIpc) is 3.08. The van der Waals surface area contributed by atoms with Gasteiger partial charge in [-0.15, -0.1) is 5.10 Å². The highest BCUT2D eigenvalue weighted by Gasteiger charge is 2.36. The summed E-state index contributed by atoms with van der Waals surface area (Å²) in [5, 5.41) is 2.59. The molecule has 32 heavy (non-hydrogen) atoms. The number of hydrogen-bond donors (Lipinski definition) is 1. The van der Waals surface area contributed by atoms with Gasteiger partial charge in [0, 0.05) is 5.69 Å². The number of benzene rings is 1. The summed E-state index contributed by atoms with van der Waals surface area (Å²) in [7, 11) is -4.58. The van der Waals surface area contributed by atoms with E-state index >= 15 is 0 Å². The summed E-state index contributed by atoms with van der Waals surface area (Å²) in [6.45, 7) is 7.88. The van der Waals surface area contributed by atoms with Gasteiger partial charge in [-0.25, -0.2) is 9.78 Å². The fraction of sp³-hybridized carbons (Fsp3) is 0.368. The molecule has 0 fully saturated rings. The van der Waals surface area contributed by atoms with Gasteiger partial charge >= 0.3 is 12.1 Å². The molecule has 0 spiro atoms. The number of aryl methyl sites for hydroxylation is 2. The standard InChI is InChI=1S/C19H20F3N5O4S/c1-9(2)31-16(28)13-7-6-10(3)12(5)15(13)26-32(29,30)18-24-17-23-11(4)8-14(19(20,21)22)27(17)25-18/h6-9,26H,1-5H3. The number of esters is 1. The van der Waals surface area contributed by atoms with E-state index in [-0.39, 0.29) is 16.9 Å². The SMILES string of the molecule is Cc1cc(C(F)(F)F)n2nc(S(=O)(=O)Nc3c(C(=O)OC(C)C)ccc(C)c3C)nc2n1. The van der Waals surface area contributed by atoms with Gasteiger partial charge in [-0.05, 0) is 57.9 Å². The number of carbonyl (C=O) groups excluding carboxylic acids is 1. The van der Waals surface area contributed by atoms with Crippen molar-refractivity contribution in [2.75, 3.05) is 4.72 Å². The molecular weight excluding hydrogens is 451 g/mol. The Morgan fingerprint density at radius 2 is 1.81 bits per heavy atom. The first kappa shape index (κ1) is 23.4. The molecule has 1 N–H and O–H groups in total. The number of nitrogens with one attached hydrogen (secondary N) is 1. The van der Waals surface area contributed by atoms with Crippen LogP contribution in [0.5, 0.6) is 0 Å². The quantitative estimate of drug-likeness (QED) is 0.567. The van der Waals surface area contributed by atoms with Gasteiger partial charge in [0.05, 0.1) is 17.4 Å². The molecule has 0 saturated heterocycles. The van der Waals surface area contributed by atoms with Gasteiger partial charge < -0.3 is 4.74 Å². The van der Waals surface area contributed by atoms with Gasteiger partial charge in [-0.3, -0.25) is 4.72 Å². The van der Waals surface area contributed by atoms with Gasteiger partial charge in [-0.1, -0.05) is 6.07 Å². The summed E-state index contributed by atoms with van der Waals surface area (Å²) in [5.74, 6) is -1.29. The van der Waals surface area contributed by atoms with E-state index in [9.17, 15) is 26.4 Å². The number of nitrogens with zero attached hydrogens (tertiary/aromatic N) is 4. The molecule has 0 radical (unpaired) electrons. The molecule has 9 nitrogen and oxygen atoms in total. The maximum absolute atomic E-state index is 13.4. The molecule has 3 aromatic rings. The monoisotopic (exact) mass is 471 g/mol. The molecule has 0 unspecified atom stereocenters. The van der Waals surface area contributed by atoms with Crippen molar-refractivity contribution in [1.82, 2.24) is 19.6 Å². The molecule has 0 aliphatic carbocycles. The van der Waals surface area contributed by atoms with Crippen LogP contribution in [0.2, 0.25) is 0 Å². The Kier molecular flexibility index (Phi) is 5.89. The zero-order valence-corrected chi connectivity index (χ0v) is 18.6. The molecular formula is C19H20F3N5O4S. The van der Waals surface area contributed by atoms with Crippen molar-refractivity contribution < 1.29 is 31.1 Å². The van der Waals surface area contributed by atoms with Gasteiger partial charge in [0.2, 0.25) is 0 Å². The van der Waals surface area contributed by atoms with Crippen LogP contribution in [0, 0.1) is 20.8 Å². The summed E-state index contributed by atoms with van der Waals surface area (Å²) in [5.41, 5.74) is -0.262. The third-order valence-corrected chi connectivity index (χ3v) is 5.61. The summed E-state index contributed by atoms with van der Waals surface area (Å²) in [4.78, 5) is 20.0. The van der Waals surface area contributed by atoms with E-state index in [1.54, 1.807) is 33.8 Å². The number of ether oxygens (including phenoxy) is 1. The predicted molar refractivity (Wildman–Crippen MR) is 108 cm³/mol. The lowest BCUT2D eigenvalue weighted by Crippen LogP contribution is -2.20. The minimum Gasteiger partial charge on any atom is -0.459 e. The zero-order valence-electron chi connectivity index (χ0n) is 17.8. The van der Waals surface area contributed by atoms with Crippen LogP contribution in [0.1, 0.15) is 46.7 Å². The Balaban J connectivity index is 2.12. The van der Waals surface area contributed by atoms with Crippen molar-refractivity contribution >= 4 is 27.5 Å². The van der Waals surface area contributed by atoms with Crippen LogP contribution in [0.15, 0.2) is 23.4 Å². The normalized spacial score (nSPS) is 12.4. The largest absolute Gasteiger partial charge is 0.459 e. The lowest BCUT2D eigenvalue weighted by Gasteiger charge is -2.16. The molecule has 0 amide bonds. The van der Waals surface area contributed by atoms with E-state index < -0.39 is 44.9 Å². The lowest BCUT2D eigenvalue weighted by atomic mass is 10.0. The number of carbonyl (C=O) groups is 1. The second kappa shape index (κ2) is 8.04. The topological polar surface area (TPSA) is 116 Å². The summed E-state index contributed by atoms with van der Waals surface area (Å²) in [6.07, 6.45) is -5.27. The molecule has 0 aliphatic heterocycles. The Hall–Kier alpha value is -3.22. The van der Waals surface area contributed by atoms with E-state index in [4.69, 9.17) is 4.74 Å². The summed E-state index contributed by atoms with van der Waals surface area (Å²) >= 11 is 0. The molecule has 0 aliphatic rings. The third-order valence-electron chi connectivity index (χ3n) is 4.49. The zero-order chi connectivity index (χ0) is 24.0. The number of fused-ring (bicyclic) bond motifs is 1. The second-order valence-corrected chi connectivity index (χ2v) is 8.95. The molecule has 13 heteroatoms. The second-order valence-electron chi connectivity index (χ2n) is 7.38. The fourth-order valence-electron chi connectivity index (χ4n) is 2.86. The summed E-state index contributed by atoms with van der Waals surface area (Å²) in [6, 6.07) is 3.75. The van der Waals surface area contributed by atoms with Crippen molar-refractivity contribution in [3.05, 3.63) is 46.3 Å². The number of hydrogen-bond acceptors (Lipinski definition) is 7. The van der Waals surface area contributed by atoms with Crippen LogP contribution in [-0.2, 0) is 20.9 Å². The first-order valence-corrected chi connectivity index (χ1v) is 10.8. The fourth-order valence-corrected chi connectivity index (χ4v) is 3.87. The minimum absolute atomic E-state index is 0.0117. The average molecular weight is 471 g/mol. The number of sulfonamides is 1. The van der Waals surface area contributed by atoms with Crippen molar-refractivity contribution in [2.45, 2.75) is 52.1 Å². The molecule has 0 atom stereocenters. The van der Waals surface area contributed by atoms with Crippen molar-refractivity contribution in [1.29, 1.82) is 0 Å². The van der Waals surface area contributed by atoms with Crippen LogP contribution in [0.25, 0.3) is 5.78 Å². The van der Waals surface area contributed by atoms with E-state index in [2.05, 4.69) is 19.8 Å². The van der Waals surface area contributed by atoms with Crippen molar-refractivity contribution in [3.8, 4) is 0 Å². The number of halogens is 3. The maximum atomic E-state index is 13.4. The first-order valence-electron chi connectivity index (χ1n) is 9.36. The van der Waals surface area contributed by atoms with E-state index in [0.717, 1.165) is 6.07 Å². The van der Waals surface area contributed by atoms with Crippen LogP contribution in [0.4, 0.5) is 18.9 Å². The van der Waals surface area contributed by atoms with E-state index in [0.29, 0.717) is 15.6 Å². The van der Waals surface area contributed by atoms with Gasteiger partial charge in [0.25, 0.3) is 21.0 Å². The Labute approximate surface area is 181 Å². The molecule has 2 heterocycles. The van der Waals surface area contributed by atoms with Gasteiger partial charge in [0.15, 0.2) is 5.69 Å². The van der Waals surface area contributed by atoms with Gasteiger partial charge in [-0.2, -0.15) is 31.1 Å². The minimum atomic E-state index is -4.81. The van der Waals surface area contributed by atoms with E-state index in [1.165, 1.54) is 13.0 Å². The highest BCUT2D eigenvalue weighted by atomic mass is 32.2. The van der Waals surface area contributed by atoms with Gasteiger partial charge in [0.1, 0.15) is 0 Å². The van der Waals surface area contributed by atoms with E-state index in [1.807, 2.05) is 0 Å². The third kappa shape index (κ3) is 4.52. The van der Waals surface area contributed by atoms with Crippen molar-refractivity contribution in [2.24, 2.45) is 0 Å². The van der Waals surface area contributed by atoms with Crippen LogP contribution < -0.4 is 4.72 Å². The molecule has 3 rings (SSSR count). The smallest absolute Gasteiger partial charge is 0.433 e. The Morgan fingerprint density at radius 1 is 1.16 bits per heavy atom. The Morgan fingerprint density at radius 3 is 2.41 bits per heavy atom. The lowest BCUT2D eigenvalue weighted by molar-refractivity contribution is -0.142.